The number of benzene rings is 2. The summed E-state index contributed by atoms with van der Waals surface area (Å²) in [6.45, 7) is 0.649. The molecule has 3 heteroatoms. The summed E-state index contributed by atoms with van der Waals surface area (Å²) in [4.78, 5) is 14.4. The Kier molecular flexibility index (Phi) is 2.23. The molecule has 2 heterocycles. The summed E-state index contributed by atoms with van der Waals surface area (Å²) in [6.07, 6.45) is 0. The first-order valence-electron chi connectivity index (χ1n) is 6.19. The molecule has 4 rings (SSSR count). The number of anilines is 1. The largest absolute Gasteiger partial charge is 0.303 e. The lowest BCUT2D eigenvalue weighted by Crippen LogP contribution is -2.25. The zero-order chi connectivity index (χ0) is 12.8. The lowest BCUT2D eigenvalue weighted by atomic mass is 10.1. The second-order valence-corrected chi connectivity index (χ2v) is 5.48. The maximum absolute atomic E-state index is 12.5. The Labute approximate surface area is 114 Å². The molecule has 2 nitrogen and oxygen atoms in total. The van der Waals surface area contributed by atoms with Crippen LogP contribution in [0.4, 0.5) is 5.69 Å². The molecule has 0 spiro atoms. The first-order valence-corrected chi connectivity index (χ1v) is 7.13. The molecule has 3 aromatic rings. The standard InChI is InChI=1S/C16H11NOS/c18-16-13-5-1-3-12-4-2-6-14(15(12)13)17(16)9-11-7-8-19-10-11/h1-8,10H,9H2. The summed E-state index contributed by atoms with van der Waals surface area (Å²) in [6, 6.07) is 14.1. The van der Waals surface area contributed by atoms with Crippen LogP contribution in [0.15, 0.2) is 53.2 Å². The highest BCUT2D eigenvalue weighted by molar-refractivity contribution is 7.07. The number of carbonyl (C=O) groups is 1. The predicted molar refractivity (Wildman–Crippen MR) is 78.8 cm³/mol. The monoisotopic (exact) mass is 265 g/mol. The number of hydrogen-bond donors (Lipinski definition) is 0. The maximum Gasteiger partial charge on any atom is 0.259 e. The van der Waals surface area contributed by atoms with E-state index in [-0.39, 0.29) is 5.91 Å². The van der Waals surface area contributed by atoms with Crippen LogP contribution in [0.5, 0.6) is 0 Å². The average Bonchev–Trinajstić information content (AvgIpc) is 3.04. The Hall–Kier alpha value is -2.13. The van der Waals surface area contributed by atoms with Crippen LogP contribution in [-0.2, 0) is 6.54 Å². The highest BCUT2D eigenvalue weighted by Gasteiger charge is 2.29. The minimum Gasteiger partial charge on any atom is -0.303 e. The molecule has 0 radical (unpaired) electrons. The van der Waals surface area contributed by atoms with Gasteiger partial charge in [-0.3, -0.25) is 4.79 Å². The van der Waals surface area contributed by atoms with Crippen molar-refractivity contribution in [1.29, 1.82) is 0 Å². The summed E-state index contributed by atoms with van der Waals surface area (Å²) in [5.74, 6) is 0.109. The molecule has 0 saturated carbocycles. The van der Waals surface area contributed by atoms with Crippen LogP contribution in [0.1, 0.15) is 15.9 Å². The van der Waals surface area contributed by atoms with Gasteiger partial charge in [-0.1, -0.05) is 24.3 Å². The number of thiophene rings is 1. The van der Waals surface area contributed by atoms with Crippen LogP contribution in [0.25, 0.3) is 10.8 Å². The van der Waals surface area contributed by atoms with Gasteiger partial charge in [0.25, 0.3) is 5.91 Å². The summed E-state index contributed by atoms with van der Waals surface area (Å²) in [5.41, 5.74) is 3.04. The van der Waals surface area contributed by atoms with E-state index in [1.54, 1.807) is 11.3 Å². The summed E-state index contributed by atoms with van der Waals surface area (Å²) >= 11 is 1.66. The van der Waals surface area contributed by atoms with E-state index in [4.69, 9.17) is 0 Å². The maximum atomic E-state index is 12.5. The topological polar surface area (TPSA) is 20.3 Å². The van der Waals surface area contributed by atoms with E-state index < -0.39 is 0 Å². The number of carbonyl (C=O) groups excluding carboxylic acids is 1. The molecule has 19 heavy (non-hydrogen) atoms. The van der Waals surface area contributed by atoms with Gasteiger partial charge in [0, 0.05) is 10.9 Å². The third-order valence-electron chi connectivity index (χ3n) is 3.57. The first-order chi connectivity index (χ1) is 9.34. The van der Waals surface area contributed by atoms with Gasteiger partial charge < -0.3 is 4.90 Å². The summed E-state index contributed by atoms with van der Waals surface area (Å²) in [5, 5.41) is 6.36. The fraction of sp³-hybridized carbons (Fsp3) is 0.0625. The van der Waals surface area contributed by atoms with E-state index >= 15 is 0 Å². The molecule has 1 amide bonds. The summed E-state index contributed by atoms with van der Waals surface area (Å²) < 4.78 is 0. The molecule has 0 saturated heterocycles. The van der Waals surface area contributed by atoms with Crippen molar-refractivity contribution in [3.05, 3.63) is 64.4 Å². The van der Waals surface area contributed by atoms with E-state index in [1.807, 2.05) is 34.5 Å². The Balaban J connectivity index is 1.89. The average molecular weight is 265 g/mol. The van der Waals surface area contributed by atoms with E-state index in [0.717, 1.165) is 22.0 Å². The van der Waals surface area contributed by atoms with Crippen molar-refractivity contribution in [1.82, 2.24) is 0 Å². The Bertz CT molecular complexity index is 771. The van der Waals surface area contributed by atoms with Gasteiger partial charge in [-0.2, -0.15) is 11.3 Å². The third kappa shape index (κ3) is 1.52. The van der Waals surface area contributed by atoms with Crippen molar-refractivity contribution in [3.63, 3.8) is 0 Å². The van der Waals surface area contributed by atoms with Gasteiger partial charge in [-0.05, 0) is 39.9 Å². The molecule has 92 valence electrons. The van der Waals surface area contributed by atoms with E-state index in [2.05, 4.69) is 23.6 Å². The molecule has 0 atom stereocenters. The molecule has 0 N–H and O–H groups in total. The van der Waals surface area contributed by atoms with Gasteiger partial charge in [0.15, 0.2) is 0 Å². The quantitative estimate of drug-likeness (QED) is 0.684. The van der Waals surface area contributed by atoms with Crippen molar-refractivity contribution >= 4 is 33.7 Å². The SMILES string of the molecule is O=C1c2cccc3cccc(c23)N1Cc1ccsc1. The fourth-order valence-electron chi connectivity index (χ4n) is 2.70. The Morgan fingerprint density at radius 2 is 1.89 bits per heavy atom. The van der Waals surface area contributed by atoms with Crippen LogP contribution in [-0.4, -0.2) is 5.91 Å². The normalized spacial score (nSPS) is 13.5. The molecule has 0 unspecified atom stereocenters. The van der Waals surface area contributed by atoms with Crippen molar-refractivity contribution in [2.24, 2.45) is 0 Å². The van der Waals surface area contributed by atoms with Crippen LogP contribution in [0.3, 0.4) is 0 Å². The van der Waals surface area contributed by atoms with Gasteiger partial charge in [0.05, 0.1) is 12.2 Å². The van der Waals surface area contributed by atoms with Gasteiger partial charge in [0.1, 0.15) is 0 Å². The Morgan fingerprint density at radius 3 is 2.68 bits per heavy atom. The van der Waals surface area contributed by atoms with Crippen molar-refractivity contribution < 1.29 is 4.79 Å². The van der Waals surface area contributed by atoms with Crippen LogP contribution >= 0.6 is 11.3 Å². The lowest BCUT2D eigenvalue weighted by Gasteiger charge is -2.16. The van der Waals surface area contributed by atoms with Crippen LogP contribution in [0.2, 0.25) is 0 Å². The van der Waals surface area contributed by atoms with E-state index in [9.17, 15) is 4.79 Å². The fourth-order valence-corrected chi connectivity index (χ4v) is 3.36. The Morgan fingerprint density at radius 1 is 1.05 bits per heavy atom. The minimum absolute atomic E-state index is 0.109. The molecule has 2 aromatic carbocycles. The highest BCUT2D eigenvalue weighted by atomic mass is 32.1. The van der Waals surface area contributed by atoms with E-state index in [1.165, 1.54) is 5.56 Å². The van der Waals surface area contributed by atoms with Gasteiger partial charge >= 0.3 is 0 Å². The summed E-state index contributed by atoms with van der Waals surface area (Å²) in [7, 11) is 0. The van der Waals surface area contributed by atoms with Crippen molar-refractivity contribution in [2.45, 2.75) is 6.54 Å². The van der Waals surface area contributed by atoms with Crippen molar-refractivity contribution in [3.8, 4) is 0 Å². The van der Waals surface area contributed by atoms with Gasteiger partial charge in [0.2, 0.25) is 0 Å². The highest BCUT2D eigenvalue weighted by Crippen LogP contribution is 2.37. The molecule has 0 fully saturated rings. The van der Waals surface area contributed by atoms with E-state index in [0.29, 0.717) is 6.54 Å². The van der Waals surface area contributed by atoms with Crippen LogP contribution in [0, 0.1) is 0 Å². The zero-order valence-electron chi connectivity index (χ0n) is 10.2. The molecular formula is C16H11NOS. The third-order valence-corrected chi connectivity index (χ3v) is 4.30. The van der Waals surface area contributed by atoms with Gasteiger partial charge in [-0.15, -0.1) is 0 Å². The smallest absolute Gasteiger partial charge is 0.259 e. The lowest BCUT2D eigenvalue weighted by molar-refractivity contribution is 0.0991. The zero-order valence-corrected chi connectivity index (χ0v) is 11.0. The van der Waals surface area contributed by atoms with Crippen LogP contribution < -0.4 is 4.90 Å². The second-order valence-electron chi connectivity index (χ2n) is 4.70. The molecule has 1 aliphatic heterocycles. The van der Waals surface area contributed by atoms with Crippen molar-refractivity contribution in [2.75, 3.05) is 4.90 Å². The first kappa shape index (κ1) is 10.8. The minimum atomic E-state index is 0.109. The number of nitrogens with zero attached hydrogens (tertiary/aromatic N) is 1. The molecule has 0 bridgehead atoms. The number of hydrogen-bond acceptors (Lipinski definition) is 2. The second kappa shape index (κ2) is 3.93. The number of amides is 1. The molecule has 0 aliphatic carbocycles. The molecular weight excluding hydrogens is 254 g/mol. The number of rotatable bonds is 2. The predicted octanol–water partition coefficient (Wildman–Crippen LogP) is 4.06. The molecule has 1 aromatic heterocycles. The van der Waals surface area contributed by atoms with Gasteiger partial charge in [-0.25, -0.2) is 0 Å². The molecule has 1 aliphatic rings.